The van der Waals surface area contributed by atoms with Gasteiger partial charge in [-0.3, -0.25) is 25.7 Å². The van der Waals surface area contributed by atoms with E-state index in [2.05, 4.69) is 20.6 Å². The van der Waals surface area contributed by atoms with Gasteiger partial charge < -0.3 is 0 Å². The van der Waals surface area contributed by atoms with E-state index >= 15 is 0 Å². The molecule has 1 aliphatic carbocycles. The van der Waals surface area contributed by atoms with Gasteiger partial charge in [0.2, 0.25) is 0 Å². The van der Waals surface area contributed by atoms with E-state index in [4.69, 9.17) is 5.53 Å². The summed E-state index contributed by atoms with van der Waals surface area (Å²) in [5.74, 6) is 0. The molecule has 1 atom stereocenters. The average molecular weight is 403 g/mol. The fourth-order valence-corrected chi connectivity index (χ4v) is 3.37. The van der Waals surface area contributed by atoms with E-state index in [-0.39, 0.29) is 11.4 Å². The molecule has 0 aromatic heterocycles. The number of nitro benzene ring substituents is 2. The van der Waals surface area contributed by atoms with Gasteiger partial charge in [0.05, 0.1) is 22.0 Å². The Hall–Kier alpha value is -3.20. The molecule has 1 aromatic carbocycles. The molecule has 1 N–H and O–H groups in total. The topological polar surface area (TPSA) is 159 Å². The molecule has 0 saturated heterocycles. The standard InChI is InChI=1S/C18H25N7O4/c19-23-22-16-10-8-6-4-2-1-3-5-7-9-15(16)20-21-17-12-11-14(24(26)27)13-18(17)25(28)29/h11-13,16,21H,1-10H2/b20-15-/t16-/m0/s1. The van der Waals surface area contributed by atoms with Crippen LogP contribution in [-0.4, -0.2) is 21.6 Å². The first-order valence-corrected chi connectivity index (χ1v) is 9.82. The first-order valence-electron chi connectivity index (χ1n) is 9.82. The van der Waals surface area contributed by atoms with E-state index in [1.807, 2.05) is 0 Å². The number of nitro groups is 2. The number of hydrogen-bond acceptors (Lipinski definition) is 7. The number of rotatable bonds is 5. The zero-order chi connectivity index (χ0) is 21.1. The summed E-state index contributed by atoms with van der Waals surface area (Å²) in [4.78, 5) is 23.7. The van der Waals surface area contributed by atoms with Gasteiger partial charge in [0.15, 0.2) is 0 Å². The minimum absolute atomic E-state index is 0.0545. The van der Waals surface area contributed by atoms with E-state index in [0.717, 1.165) is 44.6 Å². The third-order valence-corrected chi connectivity index (χ3v) is 4.94. The summed E-state index contributed by atoms with van der Waals surface area (Å²) < 4.78 is 0. The molecule has 0 heterocycles. The maximum absolute atomic E-state index is 11.3. The highest BCUT2D eigenvalue weighted by atomic mass is 16.6. The van der Waals surface area contributed by atoms with Crippen molar-refractivity contribution in [2.45, 2.75) is 70.3 Å². The second-order valence-electron chi connectivity index (χ2n) is 7.02. The van der Waals surface area contributed by atoms with Crippen molar-refractivity contribution in [2.75, 3.05) is 5.43 Å². The number of nitrogens with one attached hydrogen (secondary N) is 1. The number of hydrogen-bond donors (Lipinski definition) is 1. The fourth-order valence-electron chi connectivity index (χ4n) is 3.37. The molecule has 11 heteroatoms. The Morgan fingerprint density at radius 2 is 1.66 bits per heavy atom. The normalized spacial score (nSPS) is 20.0. The van der Waals surface area contributed by atoms with Crippen LogP contribution in [-0.2, 0) is 0 Å². The summed E-state index contributed by atoms with van der Waals surface area (Å²) in [5, 5.41) is 30.4. The highest BCUT2D eigenvalue weighted by Gasteiger charge is 2.20. The quantitative estimate of drug-likeness (QED) is 0.214. The Morgan fingerprint density at radius 1 is 1.00 bits per heavy atom. The van der Waals surface area contributed by atoms with Crippen LogP contribution in [0.15, 0.2) is 28.4 Å². The Labute approximate surface area is 168 Å². The number of hydrazone groups is 1. The van der Waals surface area contributed by atoms with Crippen LogP contribution in [0.1, 0.15) is 64.2 Å². The van der Waals surface area contributed by atoms with Gasteiger partial charge in [-0.1, -0.05) is 50.1 Å². The first kappa shape index (κ1) is 22.1. The van der Waals surface area contributed by atoms with Crippen molar-refractivity contribution in [1.82, 2.24) is 0 Å². The molecule has 0 amide bonds. The van der Waals surface area contributed by atoms with E-state index in [1.54, 1.807) is 0 Å². The molecule has 1 fully saturated rings. The van der Waals surface area contributed by atoms with Crippen LogP contribution in [0.4, 0.5) is 17.1 Å². The highest BCUT2D eigenvalue weighted by molar-refractivity contribution is 5.90. The maximum Gasteiger partial charge on any atom is 0.301 e. The van der Waals surface area contributed by atoms with E-state index < -0.39 is 21.6 Å². The molecular formula is C18H25N7O4. The lowest BCUT2D eigenvalue weighted by Gasteiger charge is -2.16. The average Bonchev–Trinajstić information content (AvgIpc) is 2.69. The highest BCUT2D eigenvalue weighted by Crippen LogP contribution is 2.29. The number of non-ortho nitro benzene ring substituents is 1. The Balaban J connectivity index is 2.27. The third kappa shape index (κ3) is 7.04. The number of benzene rings is 1. The lowest BCUT2D eigenvalue weighted by atomic mass is 9.97. The minimum atomic E-state index is -0.693. The SMILES string of the molecule is [N-]=[N+]=N[C@H]1CCCCCCCCCC/C1=N/Nc1ccc([N+](=O)[O-])cc1[N+](=O)[O-]. The number of azide groups is 1. The van der Waals surface area contributed by atoms with Crippen molar-refractivity contribution < 1.29 is 9.85 Å². The van der Waals surface area contributed by atoms with Gasteiger partial charge >= 0.3 is 5.69 Å². The lowest BCUT2D eigenvalue weighted by Crippen LogP contribution is -2.20. The monoisotopic (exact) mass is 403 g/mol. The second kappa shape index (κ2) is 11.6. The molecule has 1 saturated carbocycles. The molecule has 0 bridgehead atoms. The fraction of sp³-hybridized carbons (Fsp3) is 0.611. The Bertz CT molecular complexity index is 805. The van der Waals surface area contributed by atoms with Gasteiger partial charge in [-0.2, -0.15) is 5.10 Å². The number of nitrogens with zero attached hydrogens (tertiary/aromatic N) is 6. The summed E-state index contributed by atoms with van der Waals surface area (Å²) in [6.07, 6.45) is 9.93. The Morgan fingerprint density at radius 3 is 2.28 bits per heavy atom. The molecule has 0 unspecified atom stereocenters. The summed E-state index contributed by atoms with van der Waals surface area (Å²) in [6.45, 7) is 0. The van der Waals surface area contributed by atoms with Gasteiger partial charge in [-0.05, 0) is 30.9 Å². The minimum Gasteiger partial charge on any atom is -0.272 e. The van der Waals surface area contributed by atoms with Crippen LogP contribution in [0, 0.1) is 20.2 Å². The number of anilines is 1. The van der Waals surface area contributed by atoms with E-state index in [9.17, 15) is 20.2 Å². The van der Waals surface area contributed by atoms with Gasteiger partial charge in [-0.15, -0.1) is 0 Å². The molecule has 2 rings (SSSR count). The van der Waals surface area contributed by atoms with E-state index in [0.29, 0.717) is 18.6 Å². The van der Waals surface area contributed by atoms with Crippen LogP contribution in [0.2, 0.25) is 0 Å². The van der Waals surface area contributed by atoms with Crippen molar-refractivity contribution in [3.05, 3.63) is 48.9 Å². The third-order valence-electron chi connectivity index (χ3n) is 4.94. The van der Waals surface area contributed by atoms with E-state index in [1.165, 1.54) is 25.0 Å². The molecule has 11 nitrogen and oxygen atoms in total. The van der Waals surface area contributed by atoms with Crippen molar-refractivity contribution >= 4 is 22.8 Å². The first-order chi connectivity index (χ1) is 14.0. The zero-order valence-electron chi connectivity index (χ0n) is 16.2. The smallest absolute Gasteiger partial charge is 0.272 e. The lowest BCUT2D eigenvalue weighted by molar-refractivity contribution is -0.393. The summed E-state index contributed by atoms with van der Waals surface area (Å²) in [7, 11) is 0. The van der Waals surface area contributed by atoms with Crippen LogP contribution >= 0.6 is 0 Å². The predicted molar refractivity (Wildman–Crippen MR) is 110 cm³/mol. The molecule has 1 aliphatic rings. The molecular weight excluding hydrogens is 378 g/mol. The van der Waals surface area contributed by atoms with Crippen LogP contribution in [0.25, 0.3) is 10.4 Å². The van der Waals surface area contributed by atoms with Gasteiger partial charge in [-0.25, -0.2) is 0 Å². The van der Waals surface area contributed by atoms with Crippen molar-refractivity contribution in [2.24, 2.45) is 10.2 Å². The molecule has 0 radical (unpaired) electrons. The van der Waals surface area contributed by atoms with Crippen LogP contribution in [0.5, 0.6) is 0 Å². The maximum atomic E-state index is 11.3. The van der Waals surface area contributed by atoms with Crippen LogP contribution < -0.4 is 5.43 Å². The molecule has 1 aromatic rings. The van der Waals surface area contributed by atoms with Gasteiger partial charge in [0.1, 0.15) is 5.69 Å². The molecule has 0 spiro atoms. The van der Waals surface area contributed by atoms with Crippen molar-refractivity contribution in [3.63, 3.8) is 0 Å². The summed E-state index contributed by atoms with van der Waals surface area (Å²) >= 11 is 0. The largest absolute Gasteiger partial charge is 0.301 e. The van der Waals surface area contributed by atoms with Crippen LogP contribution in [0.3, 0.4) is 0 Å². The molecule has 0 aliphatic heterocycles. The summed E-state index contributed by atoms with van der Waals surface area (Å²) in [5.41, 5.74) is 11.5. The molecule has 29 heavy (non-hydrogen) atoms. The second-order valence-corrected chi connectivity index (χ2v) is 7.02. The predicted octanol–water partition coefficient (Wildman–Crippen LogP) is 5.86. The van der Waals surface area contributed by atoms with Gasteiger partial charge in [0.25, 0.3) is 5.69 Å². The zero-order valence-corrected chi connectivity index (χ0v) is 16.2. The van der Waals surface area contributed by atoms with Gasteiger partial charge in [0, 0.05) is 16.7 Å². The van der Waals surface area contributed by atoms with Crippen molar-refractivity contribution in [3.8, 4) is 0 Å². The van der Waals surface area contributed by atoms with Crippen molar-refractivity contribution in [1.29, 1.82) is 0 Å². The summed E-state index contributed by atoms with van der Waals surface area (Å²) in [6, 6.07) is 2.93. The Kier molecular flexibility index (Phi) is 8.84. The molecule has 156 valence electrons.